The van der Waals surface area contributed by atoms with Crippen molar-refractivity contribution in [2.45, 2.75) is 19.4 Å². The Hall–Kier alpha value is -2.59. The molecule has 0 saturated heterocycles. The second kappa shape index (κ2) is 7.32. The van der Waals surface area contributed by atoms with Crippen molar-refractivity contribution in [2.24, 2.45) is 0 Å². The molecule has 3 rings (SSSR count). The third-order valence-corrected chi connectivity index (χ3v) is 4.07. The first kappa shape index (κ1) is 16.3. The summed E-state index contributed by atoms with van der Waals surface area (Å²) in [4.78, 5) is 17.7. The third-order valence-electron chi connectivity index (χ3n) is 4.07. The number of hydrogen-bond donors (Lipinski definition) is 2. The van der Waals surface area contributed by atoms with Crippen molar-refractivity contribution in [1.29, 1.82) is 0 Å². The van der Waals surface area contributed by atoms with E-state index < -0.39 is 0 Å². The second-order valence-electron chi connectivity index (χ2n) is 6.30. The number of aromatic amines is 1. The molecule has 0 bridgehead atoms. The van der Waals surface area contributed by atoms with Crippen LogP contribution in [-0.4, -0.2) is 29.9 Å². The van der Waals surface area contributed by atoms with Crippen LogP contribution >= 0.6 is 0 Å². The van der Waals surface area contributed by atoms with Crippen LogP contribution < -0.4 is 5.32 Å². The minimum atomic E-state index is 0.0477. The lowest BCUT2D eigenvalue weighted by atomic mass is 10.1. The van der Waals surface area contributed by atoms with Gasteiger partial charge in [0.25, 0.3) is 0 Å². The van der Waals surface area contributed by atoms with Crippen LogP contribution in [-0.2, 0) is 17.8 Å². The number of rotatable bonds is 6. The van der Waals surface area contributed by atoms with Gasteiger partial charge in [-0.25, -0.2) is 0 Å². The molecular formula is C20H23N3O. The first-order valence-corrected chi connectivity index (χ1v) is 8.21. The molecule has 4 heteroatoms. The molecule has 0 aliphatic rings. The highest BCUT2D eigenvalue weighted by atomic mass is 16.1. The summed E-state index contributed by atoms with van der Waals surface area (Å²) in [5.41, 5.74) is 4.32. The Balaban J connectivity index is 1.64. The SMILES string of the molecule is CN(C)Cc1ccccc1NC(=O)CCc1c[nH]c2ccccc12. The van der Waals surface area contributed by atoms with E-state index in [-0.39, 0.29) is 5.91 Å². The highest BCUT2D eigenvalue weighted by Gasteiger charge is 2.09. The summed E-state index contributed by atoms with van der Waals surface area (Å²) in [6, 6.07) is 16.1. The highest BCUT2D eigenvalue weighted by Crippen LogP contribution is 2.20. The molecule has 24 heavy (non-hydrogen) atoms. The molecule has 0 saturated carbocycles. The summed E-state index contributed by atoms with van der Waals surface area (Å²) in [6.45, 7) is 0.804. The van der Waals surface area contributed by atoms with E-state index >= 15 is 0 Å². The Morgan fingerprint density at radius 2 is 1.79 bits per heavy atom. The van der Waals surface area contributed by atoms with E-state index in [4.69, 9.17) is 0 Å². The van der Waals surface area contributed by atoms with Crippen molar-refractivity contribution in [2.75, 3.05) is 19.4 Å². The number of nitrogens with one attached hydrogen (secondary N) is 2. The number of carbonyl (C=O) groups is 1. The monoisotopic (exact) mass is 321 g/mol. The van der Waals surface area contributed by atoms with E-state index in [9.17, 15) is 4.79 Å². The Morgan fingerprint density at radius 1 is 1.04 bits per heavy atom. The summed E-state index contributed by atoms with van der Waals surface area (Å²) < 4.78 is 0. The fraction of sp³-hybridized carbons (Fsp3) is 0.250. The number of anilines is 1. The van der Waals surface area contributed by atoms with Crippen LogP contribution in [0.1, 0.15) is 17.5 Å². The molecule has 1 heterocycles. The quantitative estimate of drug-likeness (QED) is 0.725. The Bertz CT molecular complexity index is 836. The zero-order valence-electron chi connectivity index (χ0n) is 14.2. The number of para-hydroxylation sites is 2. The molecule has 124 valence electrons. The van der Waals surface area contributed by atoms with Gasteiger partial charge in [0.2, 0.25) is 5.91 Å². The topological polar surface area (TPSA) is 48.1 Å². The van der Waals surface area contributed by atoms with Crippen LogP contribution in [0.2, 0.25) is 0 Å². The number of hydrogen-bond acceptors (Lipinski definition) is 2. The van der Waals surface area contributed by atoms with E-state index in [0.717, 1.165) is 29.7 Å². The van der Waals surface area contributed by atoms with Gasteiger partial charge in [0.15, 0.2) is 0 Å². The predicted octanol–water partition coefficient (Wildman–Crippen LogP) is 3.80. The van der Waals surface area contributed by atoms with Crippen LogP contribution in [0.5, 0.6) is 0 Å². The maximum absolute atomic E-state index is 12.3. The summed E-state index contributed by atoms with van der Waals surface area (Å²) in [5.74, 6) is 0.0477. The fourth-order valence-electron chi connectivity index (χ4n) is 2.92. The number of benzene rings is 2. The maximum Gasteiger partial charge on any atom is 0.224 e. The van der Waals surface area contributed by atoms with Gasteiger partial charge in [0.05, 0.1) is 0 Å². The largest absolute Gasteiger partial charge is 0.361 e. The Kier molecular flexibility index (Phi) is 4.96. The standard InChI is InChI=1S/C20H23N3O/c1-23(2)14-16-7-3-5-9-18(16)22-20(24)12-11-15-13-21-19-10-6-4-8-17(15)19/h3-10,13,21H,11-12,14H2,1-2H3,(H,22,24). The molecule has 2 N–H and O–H groups in total. The van der Waals surface area contributed by atoms with Crippen molar-refractivity contribution in [3.8, 4) is 0 Å². The molecule has 0 aliphatic heterocycles. The van der Waals surface area contributed by atoms with E-state index in [1.54, 1.807) is 0 Å². The summed E-state index contributed by atoms with van der Waals surface area (Å²) in [5, 5.41) is 4.24. The van der Waals surface area contributed by atoms with Gasteiger partial charge in [-0.1, -0.05) is 36.4 Å². The molecule has 0 spiro atoms. The molecule has 0 unspecified atom stereocenters. The van der Waals surface area contributed by atoms with Gasteiger partial charge >= 0.3 is 0 Å². The molecular weight excluding hydrogens is 298 g/mol. The van der Waals surface area contributed by atoms with E-state index in [0.29, 0.717) is 6.42 Å². The first-order valence-electron chi connectivity index (χ1n) is 8.21. The normalized spacial score (nSPS) is 11.1. The number of aromatic nitrogens is 1. The van der Waals surface area contributed by atoms with Gasteiger partial charge in [0.1, 0.15) is 0 Å². The van der Waals surface area contributed by atoms with Crippen molar-refractivity contribution in [3.05, 3.63) is 65.9 Å². The van der Waals surface area contributed by atoms with Gasteiger partial charge in [-0.05, 0) is 43.8 Å². The van der Waals surface area contributed by atoms with Gasteiger partial charge in [0, 0.05) is 35.8 Å². The van der Waals surface area contributed by atoms with Crippen LogP contribution in [0.4, 0.5) is 5.69 Å². The molecule has 0 fully saturated rings. The lowest BCUT2D eigenvalue weighted by Crippen LogP contribution is -2.16. The van der Waals surface area contributed by atoms with Crippen LogP contribution in [0.25, 0.3) is 10.9 Å². The summed E-state index contributed by atoms with van der Waals surface area (Å²) in [7, 11) is 4.05. The van der Waals surface area contributed by atoms with Gasteiger partial charge < -0.3 is 15.2 Å². The highest BCUT2D eigenvalue weighted by molar-refractivity contribution is 5.92. The number of fused-ring (bicyclic) bond motifs is 1. The zero-order chi connectivity index (χ0) is 16.9. The predicted molar refractivity (Wildman–Crippen MR) is 99.1 cm³/mol. The molecule has 1 amide bonds. The summed E-state index contributed by atoms with van der Waals surface area (Å²) >= 11 is 0. The lowest BCUT2D eigenvalue weighted by Gasteiger charge is -2.14. The third kappa shape index (κ3) is 3.84. The van der Waals surface area contributed by atoms with E-state index in [1.165, 1.54) is 10.9 Å². The maximum atomic E-state index is 12.3. The molecule has 2 aromatic carbocycles. The lowest BCUT2D eigenvalue weighted by molar-refractivity contribution is -0.116. The van der Waals surface area contributed by atoms with Crippen LogP contribution in [0.15, 0.2) is 54.7 Å². The summed E-state index contributed by atoms with van der Waals surface area (Å²) in [6.07, 6.45) is 3.20. The van der Waals surface area contributed by atoms with Crippen molar-refractivity contribution < 1.29 is 4.79 Å². The smallest absolute Gasteiger partial charge is 0.224 e. The molecule has 0 atom stereocenters. The van der Waals surface area contributed by atoms with E-state index in [1.807, 2.05) is 50.6 Å². The Labute approximate surface area is 142 Å². The molecule has 1 aromatic heterocycles. The Morgan fingerprint density at radius 3 is 2.62 bits per heavy atom. The number of H-pyrrole nitrogens is 1. The fourth-order valence-corrected chi connectivity index (χ4v) is 2.92. The number of amides is 1. The van der Waals surface area contributed by atoms with Gasteiger partial charge in [-0.2, -0.15) is 0 Å². The van der Waals surface area contributed by atoms with Crippen molar-refractivity contribution >= 4 is 22.5 Å². The molecule has 3 aromatic rings. The van der Waals surface area contributed by atoms with Crippen LogP contribution in [0.3, 0.4) is 0 Å². The molecule has 0 radical (unpaired) electrons. The molecule has 4 nitrogen and oxygen atoms in total. The van der Waals surface area contributed by atoms with Crippen molar-refractivity contribution in [1.82, 2.24) is 9.88 Å². The number of nitrogens with zero attached hydrogens (tertiary/aromatic N) is 1. The first-order chi connectivity index (χ1) is 11.6. The van der Waals surface area contributed by atoms with E-state index in [2.05, 4.69) is 33.4 Å². The molecule has 0 aliphatic carbocycles. The minimum Gasteiger partial charge on any atom is -0.361 e. The minimum absolute atomic E-state index is 0.0477. The van der Waals surface area contributed by atoms with Gasteiger partial charge in [-0.3, -0.25) is 4.79 Å². The van der Waals surface area contributed by atoms with Gasteiger partial charge in [-0.15, -0.1) is 0 Å². The number of aryl methyl sites for hydroxylation is 1. The number of carbonyl (C=O) groups excluding carboxylic acids is 1. The second-order valence-corrected chi connectivity index (χ2v) is 6.30. The zero-order valence-corrected chi connectivity index (χ0v) is 14.2. The van der Waals surface area contributed by atoms with Crippen LogP contribution in [0, 0.1) is 0 Å². The average molecular weight is 321 g/mol. The average Bonchev–Trinajstić information content (AvgIpc) is 2.98. The van der Waals surface area contributed by atoms with Crippen molar-refractivity contribution in [3.63, 3.8) is 0 Å².